The fourth-order valence-electron chi connectivity index (χ4n) is 3.54. The van der Waals surface area contributed by atoms with E-state index >= 15 is 0 Å². The molecule has 2 amide bonds. The van der Waals surface area contributed by atoms with Gasteiger partial charge in [-0.15, -0.1) is 0 Å². The molecule has 0 unspecified atom stereocenters. The van der Waals surface area contributed by atoms with Crippen LogP contribution in [0.5, 0.6) is 23.0 Å². The van der Waals surface area contributed by atoms with Gasteiger partial charge in [-0.1, -0.05) is 32.0 Å². The predicted molar refractivity (Wildman–Crippen MR) is 115 cm³/mol. The van der Waals surface area contributed by atoms with Crippen LogP contribution >= 0.6 is 0 Å². The number of amides is 2. The number of methoxy groups -OCH3 is 2. The van der Waals surface area contributed by atoms with Gasteiger partial charge in [-0.2, -0.15) is 0 Å². The summed E-state index contributed by atoms with van der Waals surface area (Å²) in [6, 6.07) is 11.1. The van der Waals surface area contributed by atoms with Crippen molar-refractivity contribution in [2.75, 3.05) is 34.5 Å². The maximum Gasteiger partial charge on any atom is 0.317 e. The highest BCUT2D eigenvalue weighted by molar-refractivity contribution is 5.74. The van der Waals surface area contributed by atoms with Crippen molar-refractivity contribution in [3.05, 3.63) is 47.5 Å². The molecule has 0 spiro atoms. The number of carbonyl (C=O) groups is 1. The number of nitrogens with zero attached hydrogens (tertiary/aromatic N) is 1. The molecule has 7 nitrogen and oxygen atoms in total. The lowest BCUT2D eigenvalue weighted by atomic mass is 9.95. The lowest BCUT2D eigenvalue weighted by Gasteiger charge is -2.28. The Morgan fingerprint density at radius 2 is 1.83 bits per heavy atom. The molecule has 2 aromatic carbocycles. The summed E-state index contributed by atoms with van der Waals surface area (Å²) in [5.41, 5.74) is 1.85. The van der Waals surface area contributed by atoms with Crippen LogP contribution in [0.15, 0.2) is 36.4 Å². The first kappa shape index (κ1) is 21.6. The van der Waals surface area contributed by atoms with E-state index in [1.807, 2.05) is 36.4 Å². The average molecular weight is 415 g/mol. The second-order valence-electron chi connectivity index (χ2n) is 7.58. The lowest BCUT2D eigenvalue weighted by Crippen LogP contribution is -2.40. The van der Waals surface area contributed by atoms with E-state index < -0.39 is 0 Å². The molecule has 162 valence electrons. The molecular formula is C23H30N2O5. The van der Waals surface area contributed by atoms with Gasteiger partial charge in [-0.25, -0.2) is 4.79 Å². The Balaban J connectivity index is 1.74. The summed E-state index contributed by atoms with van der Waals surface area (Å²) in [5.74, 6) is 2.91. The number of hydrogen-bond acceptors (Lipinski definition) is 5. The van der Waals surface area contributed by atoms with Crippen molar-refractivity contribution in [2.24, 2.45) is 5.92 Å². The van der Waals surface area contributed by atoms with Crippen LogP contribution in [-0.2, 0) is 6.54 Å². The summed E-state index contributed by atoms with van der Waals surface area (Å²) in [4.78, 5) is 14.6. The third-order valence-corrected chi connectivity index (χ3v) is 5.11. The quantitative estimate of drug-likeness (QED) is 0.741. The van der Waals surface area contributed by atoms with Crippen LogP contribution in [-0.4, -0.2) is 45.4 Å². The zero-order chi connectivity index (χ0) is 21.7. The largest absolute Gasteiger partial charge is 0.493 e. The van der Waals surface area contributed by atoms with Gasteiger partial charge < -0.3 is 29.2 Å². The van der Waals surface area contributed by atoms with Crippen molar-refractivity contribution >= 4 is 6.03 Å². The fourth-order valence-corrected chi connectivity index (χ4v) is 3.54. The first-order valence-electron chi connectivity index (χ1n) is 10.1. The Hall–Kier alpha value is -3.09. The SMILES string of the molecule is COc1cccc(CN(C)C(=O)N[C@@H](c2ccc3c(c2)OCCO3)C(C)C)c1OC. The molecule has 30 heavy (non-hydrogen) atoms. The molecule has 1 atom stereocenters. The highest BCUT2D eigenvalue weighted by Crippen LogP contribution is 2.35. The number of para-hydroxylation sites is 1. The molecule has 3 rings (SSSR count). The van der Waals surface area contributed by atoms with E-state index in [-0.39, 0.29) is 18.0 Å². The maximum atomic E-state index is 13.0. The molecule has 1 heterocycles. The number of urea groups is 1. The zero-order valence-electron chi connectivity index (χ0n) is 18.2. The second-order valence-corrected chi connectivity index (χ2v) is 7.58. The normalized spacial score (nSPS) is 13.5. The van der Waals surface area contributed by atoms with Gasteiger partial charge in [0.05, 0.1) is 26.8 Å². The first-order chi connectivity index (χ1) is 14.4. The van der Waals surface area contributed by atoms with E-state index in [4.69, 9.17) is 18.9 Å². The van der Waals surface area contributed by atoms with Crippen LogP contribution < -0.4 is 24.3 Å². The van der Waals surface area contributed by atoms with Crippen molar-refractivity contribution < 1.29 is 23.7 Å². The predicted octanol–water partition coefficient (Wildman–Crippen LogP) is 4.01. The van der Waals surface area contributed by atoms with Gasteiger partial charge in [0.1, 0.15) is 13.2 Å². The topological polar surface area (TPSA) is 69.3 Å². The molecule has 2 aromatic rings. The molecule has 0 saturated carbocycles. The van der Waals surface area contributed by atoms with Gasteiger partial charge in [0.15, 0.2) is 23.0 Å². The molecule has 0 aromatic heterocycles. The number of ether oxygens (including phenoxy) is 4. The smallest absolute Gasteiger partial charge is 0.317 e. The molecule has 0 saturated heterocycles. The van der Waals surface area contributed by atoms with Gasteiger partial charge in [-0.05, 0) is 29.7 Å². The Morgan fingerprint density at radius 3 is 2.50 bits per heavy atom. The third-order valence-electron chi connectivity index (χ3n) is 5.11. The first-order valence-corrected chi connectivity index (χ1v) is 10.1. The molecule has 1 aliphatic rings. The number of fused-ring (bicyclic) bond motifs is 1. The Kier molecular flexibility index (Phi) is 6.92. The molecule has 1 N–H and O–H groups in total. The van der Waals surface area contributed by atoms with Gasteiger partial charge in [0.25, 0.3) is 0 Å². The van der Waals surface area contributed by atoms with Crippen molar-refractivity contribution in [2.45, 2.75) is 26.4 Å². The van der Waals surface area contributed by atoms with E-state index in [0.29, 0.717) is 37.0 Å². The van der Waals surface area contributed by atoms with Crippen molar-refractivity contribution in [1.29, 1.82) is 0 Å². The highest BCUT2D eigenvalue weighted by Gasteiger charge is 2.23. The van der Waals surface area contributed by atoms with E-state index in [1.54, 1.807) is 26.2 Å². The van der Waals surface area contributed by atoms with E-state index in [1.165, 1.54) is 0 Å². The third kappa shape index (κ3) is 4.72. The number of nitrogens with one attached hydrogen (secondary N) is 1. The molecule has 0 fully saturated rings. The van der Waals surface area contributed by atoms with Crippen LogP contribution in [0.25, 0.3) is 0 Å². The Labute approximate surface area is 177 Å². The molecule has 1 aliphatic heterocycles. The van der Waals surface area contributed by atoms with Gasteiger partial charge >= 0.3 is 6.03 Å². The monoisotopic (exact) mass is 414 g/mol. The molecule has 7 heteroatoms. The minimum Gasteiger partial charge on any atom is -0.493 e. The number of hydrogen-bond donors (Lipinski definition) is 1. The van der Waals surface area contributed by atoms with E-state index in [0.717, 1.165) is 16.9 Å². The minimum absolute atomic E-state index is 0.164. The lowest BCUT2D eigenvalue weighted by molar-refractivity contribution is 0.171. The van der Waals surface area contributed by atoms with E-state index in [2.05, 4.69) is 19.2 Å². The summed E-state index contributed by atoms with van der Waals surface area (Å²) in [7, 11) is 4.95. The summed E-state index contributed by atoms with van der Waals surface area (Å²) < 4.78 is 22.1. The van der Waals surface area contributed by atoms with Crippen LogP contribution in [0, 0.1) is 5.92 Å². The molecule has 0 bridgehead atoms. The van der Waals surface area contributed by atoms with Crippen molar-refractivity contribution in [3.8, 4) is 23.0 Å². The van der Waals surface area contributed by atoms with Crippen LogP contribution in [0.3, 0.4) is 0 Å². The van der Waals surface area contributed by atoms with Gasteiger partial charge in [0.2, 0.25) is 0 Å². The second kappa shape index (κ2) is 9.61. The highest BCUT2D eigenvalue weighted by atomic mass is 16.6. The van der Waals surface area contributed by atoms with Crippen LogP contribution in [0.4, 0.5) is 4.79 Å². The van der Waals surface area contributed by atoms with Crippen LogP contribution in [0.1, 0.15) is 31.0 Å². The number of rotatable bonds is 7. The molecule has 0 radical (unpaired) electrons. The van der Waals surface area contributed by atoms with Gasteiger partial charge in [0, 0.05) is 12.6 Å². The Bertz CT molecular complexity index is 884. The summed E-state index contributed by atoms with van der Waals surface area (Å²) >= 11 is 0. The minimum atomic E-state index is -0.173. The fraction of sp³-hybridized carbons (Fsp3) is 0.435. The van der Waals surface area contributed by atoms with Crippen molar-refractivity contribution in [3.63, 3.8) is 0 Å². The number of benzene rings is 2. The Morgan fingerprint density at radius 1 is 1.10 bits per heavy atom. The molecule has 0 aliphatic carbocycles. The standard InChI is InChI=1S/C23H30N2O5/c1-15(2)21(16-9-10-18-20(13-16)30-12-11-29-18)24-23(26)25(3)14-17-7-6-8-19(27-4)22(17)28-5/h6-10,13,15,21H,11-12,14H2,1-5H3,(H,24,26)/t21-/m1/s1. The van der Waals surface area contributed by atoms with E-state index in [9.17, 15) is 4.79 Å². The summed E-state index contributed by atoms with van der Waals surface area (Å²) in [6.07, 6.45) is 0. The maximum absolute atomic E-state index is 13.0. The summed E-state index contributed by atoms with van der Waals surface area (Å²) in [6.45, 7) is 5.62. The van der Waals surface area contributed by atoms with Crippen molar-refractivity contribution in [1.82, 2.24) is 10.2 Å². The average Bonchev–Trinajstić information content (AvgIpc) is 2.76. The van der Waals surface area contributed by atoms with Gasteiger partial charge in [-0.3, -0.25) is 0 Å². The number of carbonyl (C=O) groups excluding carboxylic acids is 1. The summed E-state index contributed by atoms with van der Waals surface area (Å²) in [5, 5.41) is 3.14. The van der Waals surface area contributed by atoms with Crippen LogP contribution in [0.2, 0.25) is 0 Å². The molecular weight excluding hydrogens is 384 g/mol. The zero-order valence-corrected chi connectivity index (χ0v) is 18.2.